The monoisotopic (exact) mass is 372 g/mol. The third-order valence-electron chi connectivity index (χ3n) is 4.26. The zero-order valence-corrected chi connectivity index (χ0v) is 15.5. The summed E-state index contributed by atoms with van der Waals surface area (Å²) in [6.45, 7) is 2.35. The fourth-order valence-electron chi connectivity index (χ4n) is 2.82. The number of nitrogens with one attached hydrogen (secondary N) is 2. The molecule has 6 heteroatoms. The van der Waals surface area contributed by atoms with E-state index in [2.05, 4.69) is 28.1 Å². The van der Waals surface area contributed by atoms with Gasteiger partial charge in [0.05, 0.1) is 13.2 Å². The van der Waals surface area contributed by atoms with Gasteiger partial charge in [-0.15, -0.1) is 11.3 Å². The number of amides is 2. The Balaban J connectivity index is 1.51. The molecule has 4 nitrogen and oxygen atoms in total. The van der Waals surface area contributed by atoms with Crippen molar-refractivity contribution in [1.82, 2.24) is 10.6 Å². The van der Waals surface area contributed by atoms with Gasteiger partial charge in [0.15, 0.2) is 11.6 Å². The van der Waals surface area contributed by atoms with Gasteiger partial charge in [-0.3, -0.25) is 0 Å². The van der Waals surface area contributed by atoms with E-state index >= 15 is 0 Å². The summed E-state index contributed by atoms with van der Waals surface area (Å²) in [5.41, 5.74) is 1.92. The van der Waals surface area contributed by atoms with Crippen LogP contribution < -0.4 is 15.4 Å². The average molecular weight is 372 g/mol. The number of thiophene rings is 1. The molecule has 0 fully saturated rings. The quantitative estimate of drug-likeness (QED) is 0.662. The molecule has 136 valence electrons. The second-order valence-electron chi connectivity index (χ2n) is 6.02. The number of halogens is 1. The van der Waals surface area contributed by atoms with Crippen molar-refractivity contribution in [2.75, 3.05) is 13.7 Å². The van der Waals surface area contributed by atoms with Crippen molar-refractivity contribution in [2.24, 2.45) is 0 Å². The highest BCUT2D eigenvalue weighted by Gasteiger charge is 2.12. The van der Waals surface area contributed by atoms with Crippen LogP contribution in [0.2, 0.25) is 0 Å². The Morgan fingerprint density at radius 3 is 2.85 bits per heavy atom. The van der Waals surface area contributed by atoms with Crippen LogP contribution in [-0.4, -0.2) is 19.7 Å². The first kappa shape index (κ1) is 18.2. The topological polar surface area (TPSA) is 50.4 Å². The number of methoxy groups -OCH3 is 1. The summed E-state index contributed by atoms with van der Waals surface area (Å²) in [4.78, 5) is 12.1. The van der Waals surface area contributed by atoms with Crippen molar-refractivity contribution in [3.8, 4) is 5.75 Å². The molecule has 0 bridgehead atoms. The lowest BCUT2D eigenvalue weighted by atomic mass is 10.1. The number of carbonyl (C=O) groups excluding carboxylic acids is 1. The molecular weight excluding hydrogens is 351 g/mol. The molecule has 2 N–H and O–H groups in total. The van der Waals surface area contributed by atoms with E-state index in [1.54, 1.807) is 23.5 Å². The number of fused-ring (bicyclic) bond motifs is 1. The number of carbonyl (C=O) groups is 1. The number of hydrogen-bond acceptors (Lipinski definition) is 3. The van der Waals surface area contributed by atoms with Crippen molar-refractivity contribution in [1.29, 1.82) is 0 Å². The fourth-order valence-corrected chi connectivity index (χ4v) is 3.82. The zero-order chi connectivity index (χ0) is 18.5. The van der Waals surface area contributed by atoms with E-state index in [0.29, 0.717) is 12.1 Å². The van der Waals surface area contributed by atoms with Crippen LogP contribution in [0.3, 0.4) is 0 Å². The summed E-state index contributed by atoms with van der Waals surface area (Å²) in [7, 11) is 1.42. The normalized spacial score (nSPS) is 12.0. The highest BCUT2D eigenvalue weighted by atomic mass is 32.1. The second-order valence-corrected chi connectivity index (χ2v) is 6.93. The predicted molar refractivity (Wildman–Crippen MR) is 103 cm³/mol. The minimum absolute atomic E-state index is 0.188. The molecule has 0 spiro atoms. The summed E-state index contributed by atoms with van der Waals surface area (Å²) in [5.74, 6) is -0.253. The molecule has 26 heavy (non-hydrogen) atoms. The molecule has 1 atom stereocenters. The van der Waals surface area contributed by atoms with Crippen LogP contribution >= 0.6 is 11.3 Å². The van der Waals surface area contributed by atoms with Crippen molar-refractivity contribution >= 4 is 27.5 Å². The zero-order valence-electron chi connectivity index (χ0n) is 14.7. The van der Waals surface area contributed by atoms with E-state index in [0.717, 1.165) is 6.42 Å². The molecule has 1 aromatic heterocycles. The van der Waals surface area contributed by atoms with E-state index in [4.69, 9.17) is 4.74 Å². The first-order valence-electron chi connectivity index (χ1n) is 8.41. The molecule has 0 aliphatic heterocycles. The van der Waals surface area contributed by atoms with Gasteiger partial charge >= 0.3 is 6.03 Å². The van der Waals surface area contributed by atoms with Crippen molar-refractivity contribution in [3.05, 3.63) is 64.8 Å². The lowest BCUT2D eigenvalue weighted by molar-refractivity contribution is 0.238. The van der Waals surface area contributed by atoms with Crippen LogP contribution in [0.4, 0.5) is 9.18 Å². The molecular formula is C20H21FN2O2S. The van der Waals surface area contributed by atoms with E-state index in [9.17, 15) is 9.18 Å². The molecule has 3 rings (SSSR count). The van der Waals surface area contributed by atoms with Gasteiger partial charge in [-0.2, -0.15) is 0 Å². The molecule has 0 aliphatic carbocycles. The SMILES string of the molecule is COc1ccc(C(C)NC(=O)NCCc2csc3ccccc23)cc1F. The molecule has 0 saturated carbocycles. The van der Waals surface area contributed by atoms with Crippen LogP contribution in [0, 0.1) is 5.82 Å². The van der Waals surface area contributed by atoms with E-state index in [1.165, 1.54) is 28.8 Å². The van der Waals surface area contributed by atoms with Gasteiger partial charge < -0.3 is 15.4 Å². The van der Waals surface area contributed by atoms with Gasteiger partial charge in [0.1, 0.15) is 0 Å². The van der Waals surface area contributed by atoms with Gasteiger partial charge in [0, 0.05) is 11.2 Å². The molecule has 0 saturated heterocycles. The summed E-state index contributed by atoms with van der Waals surface area (Å²) in [6, 6.07) is 12.3. The van der Waals surface area contributed by atoms with Gasteiger partial charge in [-0.25, -0.2) is 9.18 Å². The Kier molecular flexibility index (Phi) is 5.73. The van der Waals surface area contributed by atoms with Crippen molar-refractivity contribution < 1.29 is 13.9 Å². The lowest BCUT2D eigenvalue weighted by Gasteiger charge is -2.16. The highest BCUT2D eigenvalue weighted by molar-refractivity contribution is 7.17. The summed E-state index contributed by atoms with van der Waals surface area (Å²) >= 11 is 1.71. The number of rotatable bonds is 6. The molecule has 0 aliphatic rings. The standard InChI is InChI=1S/C20H21FN2O2S/c1-13(14-7-8-18(25-2)17(21)11-14)23-20(24)22-10-9-15-12-26-19-6-4-3-5-16(15)19/h3-8,11-13H,9-10H2,1-2H3,(H2,22,23,24). The predicted octanol–water partition coefficient (Wildman–Crippen LogP) is 4.65. The number of ether oxygens (including phenoxy) is 1. The van der Waals surface area contributed by atoms with E-state index in [1.807, 2.05) is 19.1 Å². The molecule has 3 aromatic rings. The maximum absolute atomic E-state index is 13.8. The van der Waals surface area contributed by atoms with Gasteiger partial charge in [0.25, 0.3) is 0 Å². The fraction of sp³-hybridized carbons (Fsp3) is 0.250. The highest BCUT2D eigenvalue weighted by Crippen LogP contribution is 2.25. The maximum Gasteiger partial charge on any atom is 0.315 e. The first-order valence-corrected chi connectivity index (χ1v) is 9.29. The van der Waals surface area contributed by atoms with Crippen LogP contribution in [0.5, 0.6) is 5.75 Å². The Morgan fingerprint density at radius 2 is 2.08 bits per heavy atom. The molecule has 0 radical (unpaired) electrons. The van der Waals surface area contributed by atoms with Gasteiger partial charge in [-0.1, -0.05) is 24.3 Å². The number of hydrogen-bond donors (Lipinski definition) is 2. The molecule has 2 amide bonds. The second kappa shape index (κ2) is 8.19. The largest absolute Gasteiger partial charge is 0.494 e. The Hall–Kier alpha value is -2.60. The minimum atomic E-state index is -0.441. The summed E-state index contributed by atoms with van der Waals surface area (Å²) < 4.78 is 19.9. The first-order chi connectivity index (χ1) is 12.6. The third-order valence-corrected chi connectivity index (χ3v) is 5.28. The Labute approximate surface area is 156 Å². The molecule has 1 heterocycles. The average Bonchev–Trinajstić information content (AvgIpc) is 3.05. The number of urea groups is 1. The van der Waals surface area contributed by atoms with Crippen LogP contribution in [0.25, 0.3) is 10.1 Å². The number of benzene rings is 2. The van der Waals surface area contributed by atoms with Crippen LogP contribution in [0.1, 0.15) is 24.1 Å². The van der Waals surface area contributed by atoms with E-state index < -0.39 is 5.82 Å². The molecule has 1 unspecified atom stereocenters. The summed E-state index contributed by atoms with van der Waals surface area (Å²) in [6.07, 6.45) is 0.767. The molecule has 2 aromatic carbocycles. The Bertz CT molecular complexity index is 910. The van der Waals surface area contributed by atoms with Crippen LogP contribution in [0.15, 0.2) is 47.8 Å². The van der Waals surface area contributed by atoms with Gasteiger partial charge in [0.2, 0.25) is 0 Å². The van der Waals surface area contributed by atoms with Crippen molar-refractivity contribution in [2.45, 2.75) is 19.4 Å². The van der Waals surface area contributed by atoms with E-state index in [-0.39, 0.29) is 17.8 Å². The smallest absolute Gasteiger partial charge is 0.315 e. The lowest BCUT2D eigenvalue weighted by Crippen LogP contribution is -2.38. The third kappa shape index (κ3) is 4.14. The van der Waals surface area contributed by atoms with Crippen molar-refractivity contribution in [3.63, 3.8) is 0 Å². The van der Waals surface area contributed by atoms with Gasteiger partial charge in [-0.05, 0) is 53.4 Å². The summed E-state index contributed by atoms with van der Waals surface area (Å²) in [5, 5.41) is 9.05. The van der Waals surface area contributed by atoms with Crippen LogP contribution in [-0.2, 0) is 6.42 Å². The Morgan fingerprint density at radius 1 is 1.27 bits per heavy atom. The minimum Gasteiger partial charge on any atom is -0.494 e. The maximum atomic E-state index is 13.8.